The molecule has 4 rings (SSSR count). The first-order chi connectivity index (χ1) is 15.7. The van der Waals surface area contributed by atoms with Crippen LogP contribution in [0.25, 0.3) is 22.9 Å². The van der Waals surface area contributed by atoms with Crippen molar-refractivity contribution in [3.05, 3.63) is 66.3 Å². The molecule has 1 aromatic carbocycles. The first kappa shape index (κ1) is 22.1. The zero-order chi connectivity index (χ0) is 23.6. The maximum atomic E-state index is 14.2. The highest BCUT2D eigenvalue weighted by Crippen LogP contribution is 2.26. The number of rotatable bonds is 6. The van der Waals surface area contributed by atoms with Gasteiger partial charge in [0.25, 0.3) is 5.91 Å². The predicted molar refractivity (Wildman–Crippen MR) is 105 cm³/mol. The van der Waals surface area contributed by atoms with Crippen molar-refractivity contribution in [1.82, 2.24) is 24.9 Å². The molecule has 0 saturated carbocycles. The molecular formula is C20H14F4N6O3. The van der Waals surface area contributed by atoms with Gasteiger partial charge in [0.15, 0.2) is 5.82 Å². The van der Waals surface area contributed by atoms with Crippen LogP contribution in [0.3, 0.4) is 0 Å². The third-order valence-corrected chi connectivity index (χ3v) is 4.45. The molecule has 0 aliphatic heterocycles. The van der Waals surface area contributed by atoms with E-state index in [1.165, 1.54) is 29.3 Å². The Hall–Kier alpha value is -4.13. The smallest absolute Gasteiger partial charge is 0.376 e. The summed E-state index contributed by atoms with van der Waals surface area (Å²) in [6, 6.07) is 10.4. The number of nitrogens with zero attached hydrogens (tertiary/aromatic N) is 5. The Balaban J connectivity index is 1.66. The van der Waals surface area contributed by atoms with Gasteiger partial charge in [-0.2, -0.15) is 18.3 Å². The van der Waals surface area contributed by atoms with Crippen LogP contribution in [0.4, 0.5) is 23.4 Å². The number of amides is 1. The van der Waals surface area contributed by atoms with E-state index in [1.807, 2.05) is 5.32 Å². The molecule has 9 nitrogen and oxygen atoms in total. The van der Waals surface area contributed by atoms with Gasteiger partial charge in [0.2, 0.25) is 6.10 Å². The van der Waals surface area contributed by atoms with Gasteiger partial charge in [-0.1, -0.05) is 23.4 Å². The molecule has 0 aliphatic carbocycles. The van der Waals surface area contributed by atoms with Crippen LogP contribution < -0.4 is 5.32 Å². The van der Waals surface area contributed by atoms with Crippen molar-refractivity contribution in [2.75, 3.05) is 5.32 Å². The highest BCUT2D eigenvalue weighted by atomic mass is 19.4. The molecule has 0 unspecified atom stereocenters. The second-order valence-corrected chi connectivity index (χ2v) is 6.75. The molecule has 4 aromatic rings. The highest BCUT2D eigenvalue weighted by molar-refractivity contribution is 5.93. The van der Waals surface area contributed by atoms with E-state index in [-0.39, 0.29) is 23.9 Å². The molecule has 0 spiro atoms. The van der Waals surface area contributed by atoms with Gasteiger partial charge in [-0.3, -0.25) is 9.48 Å². The number of aliphatic hydroxyl groups is 1. The lowest BCUT2D eigenvalue weighted by Gasteiger charge is -2.13. The standard InChI is InChI=1S/C20H14F4N6O3/c21-12-4-2-1-3-11(12)10-30-15(13-6-8-33-29-13)9-14(28-30)18-25-7-5-16(26-18)27-19(32)17(31)20(22,23)24/h1-9,17,31H,10H2,(H,25,26,27,32)/t17-/m0/s1. The summed E-state index contributed by atoms with van der Waals surface area (Å²) in [5.74, 6) is -2.45. The van der Waals surface area contributed by atoms with Crippen molar-refractivity contribution in [3.63, 3.8) is 0 Å². The molecule has 1 atom stereocenters. The van der Waals surface area contributed by atoms with Gasteiger partial charge >= 0.3 is 6.18 Å². The summed E-state index contributed by atoms with van der Waals surface area (Å²) in [7, 11) is 0. The molecule has 170 valence electrons. The minimum atomic E-state index is -5.13. The number of benzene rings is 1. The molecule has 3 heterocycles. The summed E-state index contributed by atoms with van der Waals surface area (Å²) < 4.78 is 58.1. The molecule has 0 aliphatic rings. The van der Waals surface area contributed by atoms with Crippen molar-refractivity contribution in [3.8, 4) is 22.9 Å². The summed E-state index contributed by atoms with van der Waals surface area (Å²) in [6.07, 6.45) is -5.80. The fourth-order valence-corrected chi connectivity index (χ4v) is 2.88. The van der Waals surface area contributed by atoms with Crippen molar-refractivity contribution >= 4 is 11.7 Å². The number of halogens is 4. The summed E-state index contributed by atoms with van der Waals surface area (Å²) in [5, 5.41) is 19.2. The fourth-order valence-electron chi connectivity index (χ4n) is 2.88. The topological polar surface area (TPSA) is 119 Å². The van der Waals surface area contributed by atoms with Gasteiger partial charge in [-0.25, -0.2) is 14.4 Å². The Morgan fingerprint density at radius 3 is 2.67 bits per heavy atom. The third-order valence-electron chi connectivity index (χ3n) is 4.45. The third kappa shape index (κ3) is 4.87. The van der Waals surface area contributed by atoms with Crippen LogP contribution >= 0.6 is 0 Å². The van der Waals surface area contributed by atoms with Gasteiger partial charge in [0, 0.05) is 17.8 Å². The Bertz CT molecular complexity index is 1270. The SMILES string of the molecule is O=C(Nc1ccnc(-c2cc(-c3ccon3)n(Cc3ccccc3F)n2)n1)[C@H](O)C(F)(F)F. The first-order valence-electron chi connectivity index (χ1n) is 9.33. The van der Waals surface area contributed by atoms with Crippen LogP contribution in [-0.2, 0) is 11.3 Å². The Morgan fingerprint density at radius 2 is 1.97 bits per heavy atom. The summed E-state index contributed by atoms with van der Waals surface area (Å²) in [4.78, 5) is 19.7. The van der Waals surface area contributed by atoms with Gasteiger partial charge in [0.1, 0.15) is 29.3 Å². The van der Waals surface area contributed by atoms with Crippen LogP contribution in [0.2, 0.25) is 0 Å². The quantitative estimate of drug-likeness (QED) is 0.423. The van der Waals surface area contributed by atoms with Crippen molar-refractivity contribution in [2.45, 2.75) is 18.8 Å². The lowest BCUT2D eigenvalue weighted by atomic mass is 10.2. The predicted octanol–water partition coefficient (Wildman–Crippen LogP) is 3.04. The zero-order valence-electron chi connectivity index (χ0n) is 16.5. The number of aliphatic hydroxyl groups excluding tert-OH is 1. The average molecular weight is 462 g/mol. The summed E-state index contributed by atoms with van der Waals surface area (Å²) in [5.41, 5.74) is 1.35. The van der Waals surface area contributed by atoms with Gasteiger partial charge < -0.3 is 14.9 Å². The first-order valence-corrected chi connectivity index (χ1v) is 9.33. The van der Waals surface area contributed by atoms with E-state index in [0.29, 0.717) is 17.0 Å². The minimum Gasteiger partial charge on any atom is -0.376 e. The van der Waals surface area contributed by atoms with Crippen molar-refractivity contribution in [2.24, 2.45) is 0 Å². The largest absolute Gasteiger partial charge is 0.423 e. The molecule has 0 bridgehead atoms. The van der Waals surface area contributed by atoms with Gasteiger partial charge in [-0.05, 0) is 18.2 Å². The molecule has 0 fully saturated rings. The van der Waals surface area contributed by atoms with Gasteiger partial charge in [-0.15, -0.1) is 0 Å². The molecule has 33 heavy (non-hydrogen) atoms. The van der Waals surface area contributed by atoms with Crippen LogP contribution in [0.5, 0.6) is 0 Å². The van der Waals surface area contributed by atoms with Crippen molar-refractivity contribution in [1.29, 1.82) is 0 Å². The number of nitrogens with one attached hydrogen (secondary N) is 1. The Morgan fingerprint density at radius 1 is 1.18 bits per heavy atom. The summed E-state index contributed by atoms with van der Waals surface area (Å²) >= 11 is 0. The Kier molecular flexibility index (Phi) is 5.87. The molecule has 13 heteroatoms. The number of anilines is 1. The normalized spacial score (nSPS) is 12.5. The van der Waals surface area contributed by atoms with E-state index in [1.54, 1.807) is 24.3 Å². The second-order valence-electron chi connectivity index (χ2n) is 6.75. The van der Waals surface area contributed by atoms with Crippen LogP contribution in [0.15, 0.2) is 59.4 Å². The maximum absolute atomic E-state index is 14.2. The fraction of sp³-hybridized carbons (Fsp3) is 0.150. The average Bonchev–Trinajstić information content (AvgIpc) is 3.44. The maximum Gasteiger partial charge on any atom is 0.423 e. The molecule has 2 N–H and O–H groups in total. The number of aromatic nitrogens is 5. The molecule has 1 amide bonds. The zero-order valence-corrected chi connectivity index (χ0v) is 16.5. The van der Waals surface area contributed by atoms with Gasteiger partial charge in [0.05, 0.1) is 12.2 Å². The molecule has 3 aromatic heterocycles. The van der Waals surface area contributed by atoms with E-state index in [9.17, 15) is 22.4 Å². The number of alkyl halides is 3. The number of carbonyl (C=O) groups excluding carboxylic acids is 1. The summed E-state index contributed by atoms with van der Waals surface area (Å²) in [6.45, 7) is 0.0308. The number of hydrogen-bond donors (Lipinski definition) is 2. The molecule has 0 radical (unpaired) electrons. The van der Waals surface area contributed by atoms with E-state index in [2.05, 4.69) is 20.2 Å². The molecule has 0 saturated heterocycles. The second kappa shape index (κ2) is 8.78. The highest BCUT2D eigenvalue weighted by Gasteiger charge is 2.43. The molecular weight excluding hydrogens is 448 g/mol. The van der Waals surface area contributed by atoms with Crippen LogP contribution in [-0.4, -0.2) is 48.2 Å². The number of carbonyl (C=O) groups is 1. The van der Waals surface area contributed by atoms with E-state index in [4.69, 9.17) is 9.63 Å². The number of hydrogen-bond acceptors (Lipinski definition) is 7. The van der Waals surface area contributed by atoms with Crippen LogP contribution in [0, 0.1) is 5.82 Å². The minimum absolute atomic E-state index is 0.0308. The lowest BCUT2D eigenvalue weighted by Crippen LogP contribution is -2.40. The van der Waals surface area contributed by atoms with Crippen molar-refractivity contribution < 1.29 is 32.0 Å². The van der Waals surface area contributed by atoms with E-state index in [0.717, 1.165) is 6.07 Å². The van der Waals surface area contributed by atoms with E-state index >= 15 is 0 Å². The Labute approximate surface area is 182 Å². The van der Waals surface area contributed by atoms with Crippen LogP contribution in [0.1, 0.15) is 5.56 Å². The monoisotopic (exact) mass is 462 g/mol. The lowest BCUT2D eigenvalue weighted by molar-refractivity contribution is -0.202. The van der Waals surface area contributed by atoms with E-state index < -0.39 is 24.0 Å².